The second-order valence-corrected chi connectivity index (χ2v) is 4.77. The number of aromatic nitrogens is 4. The van der Waals surface area contributed by atoms with E-state index in [4.69, 9.17) is 4.74 Å². The van der Waals surface area contributed by atoms with Gasteiger partial charge in [-0.05, 0) is 0 Å². The van der Waals surface area contributed by atoms with E-state index in [0.717, 1.165) is 0 Å². The van der Waals surface area contributed by atoms with Crippen molar-refractivity contribution in [2.45, 2.75) is 13.8 Å². The largest absolute Gasteiger partial charge is 0.424 e. The van der Waals surface area contributed by atoms with Crippen LogP contribution in [0.15, 0.2) is 18.5 Å². The van der Waals surface area contributed by atoms with Crippen molar-refractivity contribution in [2.24, 2.45) is 7.05 Å². The van der Waals surface area contributed by atoms with Crippen LogP contribution in [0.5, 0.6) is 5.75 Å². The number of nitrogens with one attached hydrogen (secondary N) is 1. The molecule has 0 aliphatic heterocycles. The van der Waals surface area contributed by atoms with E-state index in [0.29, 0.717) is 33.8 Å². The van der Waals surface area contributed by atoms with Crippen molar-refractivity contribution >= 4 is 39.9 Å². The van der Waals surface area contributed by atoms with Crippen LogP contribution >= 0.6 is 0 Å². The topological polar surface area (TPSA) is 99.0 Å². The van der Waals surface area contributed by atoms with Gasteiger partial charge in [0.05, 0.1) is 5.52 Å². The van der Waals surface area contributed by atoms with E-state index >= 15 is 0 Å². The third-order valence-corrected chi connectivity index (χ3v) is 3.10. The summed E-state index contributed by atoms with van der Waals surface area (Å²) >= 11 is 0. The van der Waals surface area contributed by atoms with Crippen LogP contribution in [-0.4, -0.2) is 31.4 Å². The zero-order valence-corrected chi connectivity index (χ0v) is 12.2. The lowest BCUT2D eigenvalue weighted by atomic mass is 10.2. The second kappa shape index (κ2) is 5.06. The Balaban J connectivity index is 2.34. The molecule has 1 N–H and O–H groups in total. The van der Waals surface area contributed by atoms with E-state index in [9.17, 15) is 9.59 Å². The number of benzene rings is 1. The van der Waals surface area contributed by atoms with Crippen LogP contribution in [0.4, 0.5) is 5.95 Å². The maximum Gasteiger partial charge on any atom is 0.308 e. The highest BCUT2D eigenvalue weighted by atomic mass is 16.5. The van der Waals surface area contributed by atoms with E-state index in [2.05, 4.69) is 20.3 Å². The summed E-state index contributed by atoms with van der Waals surface area (Å²) in [7, 11) is 1.75. The van der Waals surface area contributed by atoms with Crippen LogP contribution in [0.1, 0.15) is 13.8 Å². The van der Waals surface area contributed by atoms with Gasteiger partial charge >= 0.3 is 5.97 Å². The fourth-order valence-corrected chi connectivity index (χ4v) is 2.24. The molecule has 8 heteroatoms. The fraction of sp³-hybridized carbons (Fsp3) is 0.214. The summed E-state index contributed by atoms with van der Waals surface area (Å²) in [6.45, 7) is 2.72. The smallest absolute Gasteiger partial charge is 0.308 e. The minimum absolute atomic E-state index is 0.228. The Morgan fingerprint density at radius 1 is 1.14 bits per heavy atom. The SMILES string of the molecule is CC(=O)Nc1nc2c3nccnc3c(OC(C)=O)cc2n1C. The van der Waals surface area contributed by atoms with Gasteiger partial charge in [-0.2, -0.15) is 0 Å². The maximum absolute atomic E-state index is 11.3. The molecule has 0 saturated carbocycles. The zero-order chi connectivity index (χ0) is 15.9. The molecule has 22 heavy (non-hydrogen) atoms. The van der Waals surface area contributed by atoms with Crippen molar-refractivity contribution in [3.63, 3.8) is 0 Å². The second-order valence-electron chi connectivity index (χ2n) is 4.77. The third-order valence-electron chi connectivity index (χ3n) is 3.10. The Kier molecular flexibility index (Phi) is 3.21. The highest BCUT2D eigenvalue weighted by Crippen LogP contribution is 2.31. The number of fused-ring (bicyclic) bond motifs is 3. The lowest BCUT2D eigenvalue weighted by Gasteiger charge is -2.06. The number of hydrogen-bond donors (Lipinski definition) is 1. The molecule has 1 aromatic carbocycles. The van der Waals surface area contributed by atoms with Crippen LogP contribution in [0.2, 0.25) is 0 Å². The van der Waals surface area contributed by atoms with Crippen LogP contribution in [0.3, 0.4) is 0 Å². The maximum atomic E-state index is 11.3. The Bertz CT molecular complexity index is 916. The molecule has 2 heterocycles. The Morgan fingerprint density at radius 3 is 2.45 bits per heavy atom. The molecule has 0 atom stereocenters. The number of esters is 1. The van der Waals surface area contributed by atoms with Crippen molar-refractivity contribution in [3.8, 4) is 5.75 Å². The first-order valence-electron chi connectivity index (χ1n) is 6.53. The van der Waals surface area contributed by atoms with Crippen molar-refractivity contribution < 1.29 is 14.3 Å². The van der Waals surface area contributed by atoms with E-state index in [-0.39, 0.29) is 5.91 Å². The van der Waals surface area contributed by atoms with Crippen molar-refractivity contribution in [1.29, 1.82) is 0 Å². The number of rotatable bonds is 2. The number of ether oxygens (including phenoxy) is 1. The highest BCUT2D eigenvalue weighted by Gasteiger charge is 2.17. The molecule has 8 nitrogen and oxygen atoms in total. The summed E-state index contributed by atoms with van der Waals surface area (Å²) in [5.74, 6) is 0.0134. The average molecular weight is 299 g/mol. The van der Waals surface area contributed by atoms with E-state index in [1.165, 1.54) is 26.2 Å². The van der Waals surface area contributed by atoms with Gasteiger partial charge in [-0.15, -0.1) is 0 Å². The van der Waals surface area contributed by atoms with Gasteiger partial charge in [0.1, 0.15) is 16.6 Å². The molecular formula is C14H13N5O3. The van der Waals surface area contributed by atoms with Crippen LogP contribution in [0.25, 0.3) is 22.1 Å². The van der Waals surface area contributed by atoms with Gasteiger partial charge in [0.2, 0.25) is 11.9 Å². The van der Waals surface area contributed by atoms with Gasteiger partial charge in [0, 0.05) is 39.4 Å². The lowest BCUT2D eigenvalue weighted by Crippen LogP contribution is -2.10. The van der Waals surface area contributed by atoms with Gasteiger partial charge in [-0.3, -0.25) is 19.9 Å². The molecule has 2 aromatic heterocycles. The van der Waals surface area contributed by atoms with Gasteiger partial charge in [0.25, 0.3) is 0 Å². The predicted molar refractivity (Wildman–Crippen MR) is 79.4 cm³/mol. The van der Waals surface area contributed by atoms with Crippen LogP contribution in [-0.2, 0) is 16.6 Å². The number of imidazole rings is 1. The van der Waals surface area contributed by atoms with Crippen molar-refractivity contribution in [1.82, 2.24) is 19.5 Å². The quantitative estimate of drug-likeness (QED) is 0.567. The molecule has 0 fully saturated rings. The van der Waals surface area contributed by atoms with E-state index < -0.39 is 5.97 Å². The number of nitrogens with zero attached hydrogens (tertiary/aromatic N) is 4. The van der Waals surface area contributed by atoms with Gasteiger partial charge in [-0.1, -0.05) is 0 Å². The number of carbonyl (C=O) groups excluding carboxylic acids is 2. The summed E-state index contributed by atoms with van der Waals surface area (Å²) in [4.78, 5) is 35.4. The molecule has 0 radical (unpaired) electrons. The van der Waals surface area contributed by atoms with Gasteiger partial charge < -0.3 is 9.30 Å². The molecule has 0 aliphatic carbocycles. The lowest BCUT2D eigenvalue weighted by molar-refractivity contribution is -0.131. The summed E-state index contributed by atoms with van der Waals surface area (Å²) in [6.07, 6.45) is 3.05. The molecule has 0 spiro atoms. The summed E-state index contributed by atoms with van der Waals surface area (Å²) < 4.78 is 6.90. The molecule has 112 valence electrons. The number of anilines is 1. The average Bonchev–Trinajstić information content (AvgIpc) is 2.75. The minimum atomic E-state index is -0.449. The van der Waals surface area contributed by atoms with E-state index in [1.54, 1.807) is 17.7 Å². The fourth-order valence-electron chi connectivity index (χ4n) is 2.24. The zero-order valence-electron chi connectivity index (χ0n) is 12.2. The van der Waals surface area contributed by atoms with Crippen molar-refractivity contribution in [2.75, 3.05) is 5.32 Å². The molecule has 1 amide bonds. The number of hydrogen-bond acceptors (Lipinski definition) is 6. The summed E-state index contributed by atoms with van der Waals surface area (Å²) in [5, 5.41) is 2.64. The Morgan fingerprint density at radius 2 is 1.82 bits per heavy atom. The predicted octanol–water partition coefficient (Wildman–Crippen LogP) is 1.40. The third kappa shape index (κ3) is 2.24. The van der Waals surface area contributed by atoms with E-state index in [1.807, 2.05) is 0 Å². The molecule has 0 unspecified atom stereocenters. The Labute approximate surface area is 125 Å². The van der Waals surface area contributed by atoms with Gasteiger partial charge in [-0.25, -0.2) is 9.97 Å². The van der Waals surface area contributed by atoms with Crippen molar-refractivity contribution in [3.05, 3.63) is 18.5 Å². The first kappa shape index (κ1) is 13.9. The number of aryl methyl sites for hydroxylation is 1. The molecular weight excluding hydrogens is 286 g/mol. The molecule has 3 rings (SSSR count). The summed E-state index contributed by atoms with van der Waals surface area (Å²) in [5.41, 5.74) is 2.19. The molecule has 0 bridgehead atoms. The van der Waals surface area contributed by atoms with Crippen LogP contribution in [0, 0.1) is 0 Å². The van der Waals surface area contributed by atoms with Crippen LogP contribution < -0.4 is 10.1 Å². The summed E-state index contributed by atoms with van der Waals surface area (Å²) in [6, 6.07) is 1.66. The molecule has 3 aromatic rings. The Hall–Kier alpha value is -3.03. The highest BCUT2D eigenvalue weighted by molar-refractivity contribution is 6.05. The number of carbonyl (C=O) groups is 2. The molecule has 0 saturated heterocycles. The number of amides is 1. The monoisotopic (exact) mass is 299 g/mol. The van der Waals surface area contributed by atoms with Gasteiger partial charge in [0.15, 0.2) is 5.75 Å². The first-order chi connectivity index (χ1) is 10.5. The standard InChI is InChI=1S/C14H13N5O3/c1-7(20)17-14-18-11-9(19(14)3)6-10(22-8(2)21)12-13(11)16-5-4-15-12/h4-6H,1-3H3,(H,17,18,20). The first-order valence-corrected chi connectivity index (χ1v) is 6.53. The molecule has 0 aliphatic rings. The normalized spacial score (nSPS) is 10.9. The minimum Gasteiger partial charge on any atom is -0.424 e.